The van der Waals surface area contributed by atoms with Crippen molar-refractivity contribution in [1.82, 2.24) is 9.55 Å². The molecule has 80 valence electrons. The number of hydrogen-bond acceptors (Lipinski definition) is 3. The van der Waals surface area contributed by atoms with E-state index < -0.39 is 6.55 Å². The smallest absolute Gasteiger partial charge is 0.319 e. The molecule has 3 nitrogen and oxygen atoms in total. The van der Waals surface area contributed by atoms with E-state index in [2.05, 4.69) is 4.98 Å². The van der Waals surface area contributed by atoms with Gasteiger partial charge in [-0.1, -0.05) is 6.92 Å². The summed E-state index contributed by atoms with van der Waals surface area (Å²) in [4.78, 5) is 3.87. The first-order valence-electron chi connectivity index (χ1n) is 4.26. The van der Waals surface area contributed by atoms with E-state index in [0.717, 1.165) is 4.57 Å². The van der Waals surface area contributed by atoms with Crippen molar-refractivity contribution in [3.63, 3.8) is 0 Å². The van der Waals surface area contributed by atoms with Crippen molar-refractivity contribution >= 4 is 11.8 Å². The largest absolute Gasteiger partial charge is 0.329 e. The molecule has 1 aromatic rings. The topological polar surface area (TPSA) is 43.8 Å². The van der Waals surface area contributed by atoms with E-state index in [9.17, 15) is 8.78 Å². The molecule has 0 aliphatic heterocycles. The summed E-state index contributed by atoms with van der Waals surface area (Å²) >= 11 is 1.52. The third kappa shape index (κ3) is 2.95. The maximum absolute atomic E-state index is 12.4. The second kappa shape index (κ2) is 5.31. The molecule has 0 saturated carbocycles. The number of alkyl halides is 2. The zero-order valence-corrected chi connectivity index (χ0v) is 8.68. The Morgan fingerprint density at radius 3 is 2.93 bits per heavy atom. The van der Waals surface area contributed by atoms with Crippen LogP contribution in [0.3, 0.4) is 0 Å². The van der Waals surface area contributed by atoms with Crippen LogP contribution in [0.2, 0.25) is 0 Å². The van der Waals surface area contributed by atoms with E-state index in [1.54, 1.807) is 0 Å². The van der Waals surface area contributed by atoms with Gasteiger partial charge in [-0.25, -0.2) is 4.98 Å². The Balaban J connectivity index is 2.54. The van der Waals surface area contributed by atoms with Crippen LogP contribution in [0.4, 0.5) is 8.78 Å². The van der Waals surface area contributed by atoms with Crippen molar-refractivity contribution < 1.29 is 8.78 Å². The Hall–Kier alpha value is -0.620. The molecule has 0 spiro atoms. The molecule has 1 unspecified atom stereocenters. The van der Waals surface area contributed by atoms with Gasteiger partial charge in [-0.05, 0) is 0 Å². The van der Waals surface area contributed by atoms with Crippen LogP contribution in [0.1, 0.15) is 19.3 Å². The summed E-state index contributed by atoms with van der Waals surface area (Å²) in [6, 6.07) is 0. The molecule has 0 aliphatic rings. The second-order valence-corrected chi connectivity index (χ2v) is 4.31. The normalized spacial score (nSPS) is 13.5. The number of imidazole rings is 1. The Morgan fingerprint density at radius 2 is 2.36 bits per heavy atom. The molecule has 6 heteroatoms. The number of halogens is 2. The first kappa shape index (κ1) is 11.5. The zero-order valence-electron chi connectivity index (χ0n) is 7.86. The van der Waals surface area contributed by atoms with Crippen molar-refractivity contribution in [2.75, 3.05) is 6.54 Å². The minimum Gasteiger partial charge on any atom is -0.329 e. The molecule has 1 heterocycles. The van der Waals surface area contributed by atoms with Crippen molar-refractivity contribution in [3.05, 3.63) is 18.2 Å². The van der Waals surface area contributed by atoms with Gasteiger partial charge in [0.05, 0.1) is 5.75 Å². The minimum atomic E-state index is -2.51. The van der Waals surface area contributed by atoms with E-state index in [-0.39, 0.29) is 5.25 Å². The fourth-order valence-corrected chi connectivity index (χ4v) is 1.71. The molecular formula is C8H13F2N3S. The molecule has 0 saturated heterocycles. The summed E-state index contributed by atoms with van der Waals surface area (Å²) in [6.45, 7) is -0.0123. The van der Waals surface area contributed by atoms with Gasteiger partial charge in [0.15, 0.2) is 0 Å². The Kier molecular flexibility index (Phi) is 4.34. The first-order chi connectivity index (χ1) is 6.65. The number of aromatic nitrogens is 2. The highest BCUT2D eigenvalue weighted by Crippen LogP contribution is 2.19. The van der Waals surface area contributed by atoms with Gasteiger partial charge in [-0.2, -0.15) is 8.78 Å². The van der Waals surface area contributed by atoms with Crippen molar-refractivity contribution in [1.29, 1.82) is 0 Å². The molecule has 0 aliphatic carbocycles. The Bertz CT molecular complexity index is 277. The van der Waals surface area contributed by atoms with Gasteiger partial charge in [0.1, 0.15) is 5.82 Å². The van der Waals surface area contributed by atoms with Crippen molar-refractivity contribution in [3.8, 4) is 0 Å². The number of rotatable bonds is 5. The van der Waals surface area contributed by atoms with Crippen LogP contribution in [-0.2, 0) is 5.75 Å². The average molecular weight is 221 g/mol. The molecular weight excluding hydrogens is 208 g/mol. The predicted molar refractivity (Wildman–Crippen MR) is 53.3 cm³/mol. The van der Waals surface area contributed by atoms with E-state index in [1.165, 1.54) is 24.2 Å². The highest BCUT2D eigenvalue weighted by molar-refractivity contribution is 7.99. The lowest BCUT2D eigenvalue weighted by atomic mass is 10.5. The lowest BCUT2D eigenvalue weighted by molar-refractivity contribution is 0.0678. The molecule has 0 aromatic carbocycles. The van der Waals surface area contributed by atoms with Gasteiger partial charge in [0, 0.05) is 24.2 Å². The SMILES string of the molecule is CC(CN)SCc1nccn1C(F)F. The molecule has 2 N–H and O–H groups in total. The summed E-state index contributed by atoms with van der Waals surface area (Å²) in [5, 5.41) is 0.262. The van der Waals surface area contributed by atoms with E-state index in [4.69, 9.17) is 5.73 Å². The van der Waals surface area contributed by atoms with Gasteiger partial charge < -0.3 is 5.73 Å². The van der Waals surface area contributed by atoms with Crippen LogP contribution in [0.25, 0.3) is 0 Å². The summed E-state index contributed by atoms with van der Waals surface area (Å²) in [7, 11) is 0. The molecule has 1 rings (SSSR count). The monoisotopic (exact) mass is 221 g/mol. The van der Waals surface area contributed by atoms with Gasteiger partial charge in [-0.15, -0.1) is 11.8 Å². The van der Waals surface area contributed by atoms with Crippen molar-refractivity contribution in [2.24, 2.45) is 5.73 Å². The molecule has 1 aromatic heterocycles. The Morgan fingerprint density at radius 1 is 1.64 bits per heavy atom. The van der Waals surface area contributed by atoms with E-state index >= 15 is 0 Å². The zero-order chi connectivity index (χ0) is 10.6. The van der Waals surface area contributed by atoms with Gasteiger partial charge in [0.25, 0.3) is 0 Å². The van der Waals surface area contributed by atoms with Crippen LogP contribution in [0.5, 0.6) is 0 Å². The maximum Gasteiger partial charge on any atom is 0.319 e. The van der Waals surface area contributed by atoms with E-state index in [1.807, 2.05) is 6.92 Å². The molecule has 0 bridgehead atoms. The number of hydrogen-bond donors (Lipinski definition) is 1. The number of nitrogens with two attached hydrogens (primary N) is 1. The lowest BCUT2D eigenvalue weighted by Gasteiger charge is -2.09. The maximum atomic E-state index is 12.4. The minimum absolute atomic E-state index is 0.262. The van der Waals surface area contributed by atoms with E-state index in [0.29, 0.717) is 18.1 Å². The Labute approximate surface area is 85.7 Å². The van der Waals surface area contributed by atoms with Crippen LogP contribution in [0.15, 0.2) is 12.4 Å². The van der Waals surface area contributed by atoms with Crippen LogP contribution >= 0.6 is 11.8 Å². The third-order valence-corrected chi connectivity index (χ3v) is 2.97. The highest BCUT2D eigenvalue weighted by atomic mass is 32.2. The number of thioether (sulfide) groups is 1. The van der Waals surface area contributed by atoms with Crippen LogP contribution in [0, 0.1) is 0 Å². The number of nitrogens with zero attached hydrogens (tertiary/aromatic N) is 2. The van der Waals surface area contributed by atoms with Gasteiger partial charge >= 0.3 is 6.55 Å². The van der Waals surface area contributed by atoms with Crippen LogP contribution in [-0.4, -0.2) is 21.3 Å². The molecule has 0 radical (unpaired) electrons. The van der Waals surface area contributed by atoms with Gasteiger partial charge in [-0.3, -0.25) is 4.57 Å². The molecule has 0 fully saturated rings. The predicted octanol–water partition coefficient (Wildman–Crippen LogP) is 1.86. The molecule has 0 amide bonds. The standard InChI is InChI=1S/C8H13F2N3S/c1-6(4-11)14-5-7-12-2-3-13(7)8(9)10/h2-3,6,8H,4-5,11H2,1H3. The quantitative estimate of drug-likeness (QED) is 0.825. The molecule has 1 atom stereocenters. The first-order valence-corrected chi connectivity index (χ1v) is 5.31. The fraction of sp³-hybridized carbons (Fsp3) is 0.625. The molecule has 14 heavy (non-hydrogen) atoms. The van der Waals surface area contributed by atoms with Crippen molar-refractivity contribution in [2.45, 2.75) is 24.5 Å². The summed E-state index contributed by atoms with van der Waals surface area (Å²) in [6.07, 6.45) is 2.67. The second-order valence-electron chi connectivity index (χ2n) is 2.89. The summed E-state index contributed by atoms with van der Waals surface area (Å²) in [5.41, 5.74) is 5.41. The summed E-state index contributed by atoms with van der Waals surface area (Å²) < 4.78 is 25.6. The van der Waals surface area contributed by atoms with Gasteiger partial charge in [0.2, 0.25) is 0 Å². The fourth-order valence-electron chi connectivity index (χ4n) is 0.918. The lowest BCUT2D eigenvalue weighted by Crippen LogP contribution is -2.13. The summed E-state index contributed by atoms with van der Waals surface area (Å²) in [5.74, 6) is 0.862. The van der Waals surface area contributed by atoms with Crippen LogP contribution < -0.4 is 5.73 Å². The third-order valence-electron chi connectivity index (χ3n) is 1.79. The average Bonchev–Trinajstić information content (AvgIpc) is 2.62. The highest BCUT2D eigenvalue weighted by Gasteiger charge is 2.11.